The van der Waals surface area contributed by atoms with E-state index in [4.69, 9.17) is 11.5 Å². The number of aliphatic imine (C=N–C) groups is 1. The molecule has 1 aliphatic rings. The van der Waals surface area contributed by atoms with E-state index in [9.17, 15) is 0 Å². The van der Waals surface area contributed by atoms with Crippen LogP contribution in [0.4, 0.5) is 0 Å². The number of nitrogens with two attached hydrogens (primary N) is 2. The Kier molecular flexibility index (Phi) is 5.15. The summed E-state index contributed by atoms with van der Waals surface area (Å²) in [5.41, 5.74) is 11.5. The molecule has 0 amide bonds. The minimum absolute atomic E-state index is 0.162. The van der Waals surface area contributed by atoms with E-state index in [1.54, 1.807) is 0 Å². The highest BCUT2D eigenvalue weighted by molar-refractivity contribution is 14.1. The van der Waals surface area contributed by atoms with Gasteiger partial charge in [-0.25, -0.2) is 0 Å². The lowest BCUT2D eigenvalue weighted by Crippen LogP contribution is -2.48. The predicted molar refractivity (Wildman–Crippen MR) is 64.4 cm³/mol. The van der Waals surface area contributed by atoms with E-state index < -0.39 is 0 Å². The first-order chi connectivity index (χ1) is 6.20. The van der Waals surface area contributed by atoms with Crippen LogP contribution in [0.5, 0.6) is 0 Å². The second-order valence-corrected chi connectivity index (χ2v) is 4.91. The number of nitrogens with one attached hydrogen (secondary N) is 1. The van der Waals surface area contributed by atoms with Gasteiger partial charge in [0.05, 0.1) is 10.1 Å². The number of hydrogen-bond acceptors (Lipinski definition) is 4. The van der Waals surface area contributed by atoms with Crippen LogP contribution in [-0.4, -0.2) is 35.4 Å². The first-order valence-electron chi connectivity index (χ1n) is 4.57. The number of halogens is 1. The van der Waals surface area contributed by atoms with E-state index in [1.165, 1.54) is 0 Å². The molecule has 0 aliphatic carbocycles. The van der Waals surface area contributed by atoms with Gasteiger partial charge in [0, 0.05) is 25.2 Å². The molecule has 0 radical (unpaired) electrons. The van der Waals surface area contributed by atoms with Crippen LogP contribution < -0.4 is 16.8 Å². The maximum absolute atomic E-state index is 5.89. The van der Waals surface area contributed by atoms with Gasteiger partial charge in [-0.2, -0.15) is 0 Å². The highest BCUT2D eigenvalue weighted by Crippen LogP contribution is 2.06. The first kappa shape index (κ1) is 11.4. The summed E-state index contributed by atoms with van der Waals surface area (Å²) in [5.74, 6) is 0. The van der Waals surface area contributed by atoms with Gasteiger partial charge >= 0.3 is 0 Å². The van der Waals surface area contributed by atoms with Crippen LogP contribution >= 0.6 is 22.6 Å². The fraction of sp³-hybridized carbons (Fsp3) is 0.875. The SMILES string of the molecule is NC(I)C/C=N/C1CCNCC1N. The van der Waals surface area contributed by atoms with Crippen LogP contribution in [-0.2, 0) is 0 Å². The van der Waals surface area contributed by atoms with E-state index in [0.29, 0.717) is 0 Å². The summed E-state index contributed by atoms with van der Waals surface area (Å²) in [6.07, 6.45) is 3.78. The minimum Gasteiger partial charge on any atom is -0.325 e. The van der Waals surface area contributed by atoms with Gasteiger partial charge in [-0.15, -0.1) is 0 Å². The van der Waals surface area contributed by atoms with Crippen molar-refractivity contribution in [3.05, 3.63) is 0 Å². The zero-order chi connectivity index (χ0) is 9.68. The standard InChI is InChI=1S/C8H17IN4/c9-8(11)2-4-13-7-1-3-12-5-6(7)10/h4,6-8,12H,1-3,5,10-11H2/b13-4+. The van der Waals surface area contributed by atoms with Crippen molar-refractivity contribution in [2.45, 2.75) is 29.0 Å². The molecule has 0 spiro atoms. The fourth-order valence-electron chi connectivity index (χ4n) is 1.35. The molecular weight excluding hydrogens is 279 g/mol. The van der Waals surface area contributed by atoms with E-state index in [1.807, 2.05) is 6.21 Å². The average Bonchev–Trinajstić information content (AvgIpc) is 2.08. The molecule has 0 aromatic rings. The Morgan fingerprint density at radius 2 is 2.46 bits per heavy atom. The third-order valence-corrected chi connectivity index (χ3v) is 2.63. The largest absolute Gasteiger partial charge is 0.325 e. The van der Waals surface area contributed by atoms with E-state index >= 15 is 0 Å². The monoisotopic (exact) mass is 296 g/mol. The van der Waals surface area contributed by atoms with Crippen molar-refractivity contribution in [1.82, 2.24) is 5.32 Å². The van der Waals surface area contributed by atoms with Gasteiger partial charge in [-0.3, -0.25) is 4.99 Å². The van der Waals surface area contributed by atoms with Crippen molar-refractivity contribution in [2.24, 2.45) is 16.5 Å². The molecule has 1 fully saturated rings. The Morgan fingerprint density at radius 3 is 3.08 bits per heavy atom. The smallest absolute Gasteiger partial charge is 0.0671 e. The third-order valence-electron chi connectivity index (χ3n) is 2.12. The van der Waals surface area contributed by atoms with Crippen LogP contribution in [0.3, 0.4) is 0 Å². The molecule has 0 aromatic heterocycles. The molecule has 13 heavy (non-hydrogen) atoms. The van der Waals surface area contributed by atoms with Crippen LogP contribution in [0.1, 0.15) is 12.8 Å². The topological polar surface area (TPSA) is 76.4 Å². The second kappa shape index (κ2) is 5.90. The summed E-state index contributed by atoms with van der Waals surface area (Å²) < 4.78 is 0.166. The molecule has 1 aliphatic heterocycles. The normalized spacial score (nSPS) is 32.2. The summed E-state index contributed by atoms with van der Waals surface area (Å²) in [5, 5.41) is 3.24. The van der Waals surface area contributed by atoms with Crippen molar-refractivity contribution >= 4 is 28.8 Å². The molecule has 0 bridgehead atoms. The fourth-order valence-corrected chi connectivity index (χ4v) is 1.58. The van der Waals surface area contributed by atoms with Crippen LogP contribution in [0.25, 0.3) is 0 Å². The summed E-state index contributed by atoms with van der Waals surface area (Å²) in [6.45, 7) is 1.89. The van der Waals surface area contributed by atoms with Crippen molar-refractivity contribution in [3.63, 3.8) is 0 Å². The summed E-state index contributed by atoms with van der Waals surface area (Å²) in [6, 6.07) is 0.451. The van der Waals surface area contributed by atoms with Crippen molar-refractivity contribution < 1.29 is 0 Å². The van der Waals surface area contributed by atoms with Crippen LogP contribution in [0.15, 0.2) is 4.99 Å². The molecule has 4 nitrogen and oxygen atoms in total. The zero-order valence-corrected chi connectivity index (χ0v) is 9.78. The van der Waals surface area contributed by atoms with Gasteiger partial charge in [-0.1, -0.05) is 22.6 Å². The second-order valence-electron chi connectivity index (χ2n) is 3.31. The Hall–Kier alpha value is 0.280. The van der Waals surface area contributed by atoms with Gasteiger partial charge in [0.25, 0.3) is 0 Å². The Morgan fingerprint density at radius 1 is 1.69 bits per heavy atom. The van der Waals surface area contributed by atoms with E-state index in [-0.39, 0.29) is 16.1 Å². The first-order valence-corrected chi connectivity index (χ1v) is 5.82. The number of rotatable bonds is 3. The maximum atomic E-state index is 5.89. The molecule has 1 saturated heterocycles. The van der Waals surface area contributed by atoms with Gasteiger partial charge in [0.1, 0.15) is 0 Å². The number of hydrogen-bond donors (Lipinski definition) is 3. The lowest BCUT2D eigenvalue weighted by atomic mass is 10.0. The van der Waals surface area contributed by atoms with Crippen LogP contribution in [0.2, 0.25) is 0 Å². The number of piperidine rings is 1. The highest BCUT2D eigenvalue weighted by Gasteiger charge is 2.19. The Labute approximate surface area is 92.7 Å². The number of nitrogens with zero attached hydrogens (tertiary/aromatic N) is 1. The summed E-state index contributed by atoms with van der Waals surface area (Å²) in [4.78, 5) is 4.43. The van der Waals surface area contributed by atoms with Gasteiger partial charge in [0.2, 0.25) is 0 Å². The molecule has 0 saturated carbocycles. The van der Waals surface area contributed by atoms with Gasteiger partial charge < -0.3 is 16.8 Å². The van der Waals surface area contributed by atoms with Crippen LogP contribution in [0, 0.1) is 0 Å². The lowest BCUT2D eigenvalue weighted by Gasteiger charge is -2.26. The van der Waals surface area contributed by atoms with Gasteiger partial charge in [0.15, 0.2) is 0 Å². The van der Waals surface area contributed by atoms with Gasteiger partial charge in [-0.05, 0) is 13.0 Å². The molecule has 5 heteroatoms. The Bertz CT molecular complexity index is 172. The minimum atomic E-state index is 0.162. The maximum Gasteiger partial charge on any atom is 0.0671 e. The molecule has 1 heterocycles. The summed E-state index contributed by atoms with van der Waals surface area (Å²) >= 11 is 2.18. The lowest BCUT2D eigenvalue weighted by molar-refractivity contribution is 0.404. The summed E-state index contributed by atoms with van der Waals surface area (Å²) in [7, 11) is 0. The number of alkyl halides is 1. The average molecular weight is 296 g/mol. The predicted octanol–water partition coefficient (Wildman–Crippen LogP) is -0.144. The van der Waals surface area contributed by atoms with E-state index in [0.717, 1.165) is 25.9 Å². The zero-order valence-electron chi connectivity index (χ0n) is 7.62. The molecule has 0 aromatic carbocycles. The molecule has 3 unspecified atom stereocenters. The van der Waals surface area contributed by atoms with Crippen molar-refractivity contribution in [3.8, 4) is 0 Å². The van der Waals surface area contributed by atoms with Crippen molar-refractivity contribution in [2.75, 3.05) is 13.1 Å². The molecule has 1 rings (SSSR count). The third kappa shape index (κ3) is 4.35. The highest BCUT2D eigenvalue weighted by atomic mass is 127. The molecule has 76 valence electrons. The Balaban J connectivity index is 2.29. The molecule has 5 N–H and O–H groups in total. The molecular formula is C8H17IN4. The van der Waals surface area contributed by atoms with E-state index in [2.05, 4.69) is 32.9 Å². The quantitative estimate of drug-likeness (QED) is 0.293. The molecule has 3 atom stereocenters. The van der Waals surface area contributed by atoms with Crippen molar-refractivity contribution in [1.29, 1.82) is 0 Å².